The summed E-state index contributed by atoms with van der Waals surface area (Å²) < 4.78 is 0. The van der Waals surface area contributed by atoms with E-state index in [-0.39, 0.29) is 11.3 Å². The monoisotopic (exact) mass is 183 g/mol. The van der Waals surface area contributed by atoms with Crippen molar-refractivity contribution < 1.29 is 4.79 Å². The van der Waals surface area contributed by atoms with Crippen LogP contribution in [0.2, 0.25) is 0 Å². The zero-order valence-corrected chi connectivity index (χ0v) is 8.37. The highest BCUT2D eigenvalue weighted by Gasteiger charge is 2.27. The average Bonchev–Trinajstić information content (AvgIpc) is 1.96. The summed E-state index contributed by atoms with van der Waals surface area (Å²) in [6.45, 7) is 5.82. The van der Waals surface area contributed by atoms with Gasteiger partial charge in [0.15, 0.2) is 0 Å². The van der Waals surface area contributed by atoms with Crippen LogP contribution in [0.15, 0.2) is 0 Å². The topological polar surface area (TPSA) is 92.9 Å². The summed E-state index contributed by atoms with van der Waals surface area (Å²) in [4.78, 5) is 10.7. The zero-order chi connectivity index (χ0) is 10.6. The summed E-state index contributed by atoms with van der Waals surface area (Å²) in [7, 11) is 0. The summed E-state index contributed by atoms with van der Waals surface area (Å²) in [5, 5.41) is 8.83. The van der Waals surface area contributed by atoms with E-state index < -0.39 is 11.9 Å². The maximum atomic E-state index is 10.7. The maximum absolute atomic E-state index is 10.7. The van der Waals surface area contributed by atoms with Crippen LogP contribution in [0.25, 0.3) is 0 Å². The third-order valence-corrected chi connectivity index (χ3v) is 2.06. The molecule has 2 unspecified atom stereocenters. The molecule has 13 heavy (non-hydrogen) atoms. The van der Waals surface area contributed by atoms with E-state index in [0.717, 1.165) is 0 Å². The predicted octanol–water partition coefficient (Wildman–Crippen LogP) is 0.375. The lowest BCUT2D eigenvalue weighted by Gasteiger charge is -2.26. The molecule has 0 aromatic carbocycles. The Morgan fingerprint density at radius 1 is 1.54 bits per heavy atom. The second-order valence-corrected chi connectivity index (χ2v) is 4.29. The van der Waals surface area contributed by atoms with Crippen molar-refractivity contribution in [3.05, 3.63) is 0 Å². The van der Waals surface area contributed by atoms with Crippen molar-refractivity contribution in [3.8, 4) is 6.07 Å². The molecule has 0 aliphatic carbocycles. The number of carbonyl (C=O) groups excluding carboxylic acids is 1. The molecule has 0 bridgehead atoms. The smallest absolute Gasteiger partial charge is 0.234 e. The van der Waals surface area contributed by atoms with Crippen LogP contribution in [0.4, 0.5) is 0 Å². The fourth-order valence-electron chi connectivity index (χ4n) is 0.970. The van der Waals surface area contributed by atoms with Gasteiger partial charge in [0.2, 0.25) is 5.91 Å². The van der Waals surface area contributed by atoms with Crippen LogP contribution in [-0.2, 0) is 4.79 Å². The minimum Gasteiger partial charge on any atom is -0.368 e. The molecule has 0 heterocycles. The number of nitrogens with two attached hydrogens (primary N) is 2. The fourth-order valence-corrected chi connectivity index (χ4v) is 0.970. The molecule has 0 spiro atoms. The molecule has 4 heteroatoms. The SMILES string of the molecule is CC(C)(C)C(C#N)CC(N)C(N)=O. The van der Waals surface area contributed by atoms with E-state index in [1.807, 2.05) is 20.8 Å². The Kier molecular flexibility index (Phi) is 3.89. The Balaban J connectivity index is 4.33. The average molecular weight is 183 g/mol. The van der Waals surface area contributed by atoms with Crippen LogP contribution in [0, 0.1) is 22.7 Å². The molecule has 0 saturated heterocycles. The second-order valence-electron chi connectivity index (χ2n) is 4.29. The molecule has 0 aliphatic rings. The van der Waals surface area contributed by atoms with E-state index >= 15 is 0 Å². The van der Waals surface area contributed by atoms with Crippen molar-refractivity contribution in [1.82, 2.24) is 0 Å². The van der Waals surface area contributed by atoms with Crippen LogP contribution >= 0.6 is 0 Å². The number of hydrogen-bond donors (Lipinski definition) is 2. The predicted molar refractivity (Wildman–Crippen MR) is 50.3 cm³/mol. The highest BCUT2D eigenvalue weighted by molar-refractivity contribution is 5.79. The van der Waals surface area contributed by atoms with Gasteiger partial charge in [0, 0.05) is 0 Å². The van der Waals surface area contributed by atoms with Gasteiger partial charge in [-0.2, -0.15) is 5.26 Å². The van der Waals surface area contributed by atoms with E-state index in [2.05, 4.69) is 6.07 Å². The van der Waals surface area contributed by atoms with Crippen LogP contribution in [-0.4, -0.2) is 11.9 Å². The molecule has 4 nitrogen and oxygen atoms in total. The molecule has 1 amide bonds. The molecule has 0 saturated carbocycles. The Bertz CT molecular complexity index is 224. The van der Waals surface area contributed by atoms with Crippen LogP contribution in [0.1, 0.15) is 27.2 Å². The minimum absolute atomic E-state index is 0.165. The van der Waals surface area contributed by atoms with Crippen molar-refractivity contribution in [3.63, 3.8) is 0 Å². The molecule has 0 aromatic rings. The first-order valence-electron chi connectivity index (χ1n) is 4.23. The first-order valence-corrected chi connectivity index (χ1v) is 4.23. The van der Waals surface area contributed by atoms with Crippen LogP contribution in [0.3, 0.4) is 0 Å². The molecule has 0 rings (SSSR count). The molecular formula is C9H17N3O. The van der Waals surface area contributed by atoms with Gasteiger partial charge in [-0.1, -0.05) is 20.8 Å². The number of primary amides is 1. The van der Waals surface area contributed by atoms with E-state index in [4.69, 9.17) is 16.7 Å². The lowest BCUT2D eigenvalue weighted by atomic mass is 9.78. The number of nitriles is 1. The summed E-state index contributed by atoms with van der Waals surface area (Å²) >= 11 is 0. The molecule has 0 aliphatic heterocycles. The van der Waals surface area contributed by atoms with Crippen molar-refractivity contribution in [2.24, 2.45) is 22.8 Å². The Hall–Kier alpha value is -1.08. The Morgan fingerprint density at radius 2 is 2.00 bits per heavy atom. The number of amides is 1. The number of nitrogens with zero attached hydrogens (tertiary/aromatic N) is 1. The van der Waals surface area contributed by atoms with E-state index in [1.54, 1.807) is 0 Å². The van der Waals surface area contributed by atoms with E-state index in [9.17, 15) is 4.79 Å². The lowest BCUT2D eigenvalue weighted by molar-refractivity contribution is -0.119. The zero-order valence-electron chi connectivity index (χ0n) is 8.37. The van der Waals surface area contributed by atoms with Gasteiger partial charge in [0.05, 0.1) is 18.0 Å². The van der Waals surface area contributed by atoms with Gasteiger partial charge in [-0.05, 0) is 11.8 Å². The van der Waals surface area contributed by atoms with Gasteiger partial charge >= 0.3 is 0 Å². The third kappa shape index (κ3) is 3.90. The van der Waals surface area contributed by atoms with Gasteiger partial charge in [0.25, 0.3) is 0 Å². The molecule has 2 atom stereocenters. The Labute approximate surface area is 78.9 Å². The Morgan fingerprint density at radius 3 is 2.23 bits per heavy atom. The molecule has 4 N–H and O–H groups in total. The largest absolute Gasteiger partial charge is 0.368 e. The van der Waals surface area contributed by atoms with Gasteiger partial charge in [-0.3, -0.25) is 4.79 Å². The lowest BCUT2D eigenvalue weighted by Crippen LogP contribution is -2.39. The third-order valence-electron chi connectivity index (χ3n) is 2.06. The van der Waals surface area contributed by atoms with Crippen LogP contribution < -0.4 is 11.5 Å². The summed E-state index contributed by atoms with van der Waals surface area (Å²) in [6.07, 6.45) is 0.329. The van der Waals surface area contributed by atoms with E-state index in [1.165, 1.54) is 0 Å². The standard InChI is InChI=1S/C9H17N3O/c1-9(2,3)6(5-10)4-7(11)8(12)13/h6-7H,4,11H2,1-3H3,(H2,12,13). The summed E-state index contributed by atoms with van der Waals surface area (Å²) in [6, 6.07) is 1.42. The first-order chi connectivity index (χ1) is 5.79. The van der Waals surface area contributed by atoms with Crippen molar-refractivity contribution in [2.75, 3.05) is 0 Å². The van der Waals surface area contributed by atoms with E-state index in [0.29, 0.717) is 6.42 Å². The highest BCUT2D eigenvalue weighted by atomic mass is 16.1. The maximum Gasteiger partial charge on any atom is 0.234 e. The minimum atomic E-state index is -0.719. The van der Waals surface area contributed by atoms with Crippen LogP contribution in [0.5, 0.6) is 0 Å². The molecule has 0 radical (unpaired) electrons. The molecular weight excluding hydrogens is 166 g/mol. The molecule has 0 fully saturated rings. The number of hydrogen-bond acceptors (Lipinski definition) is 3. The summed E-state index contributed by atoms with van der Waals surface area (Å²) in [5.41, 5.74) is 10.3. The summed E-state index contributed by atoms with van der Waals surface area (Å²) in [5.74, 6) is -0.792. The van der Waals surface area contributed by atoms with Gasteiger partial charge in [-0.15, -0.1) is 0 Å². The number of rotatable bonds is 3. The second kappa shape index (κ2) is 4.24. The van der Waals surface area contributed by atoms with Crippen molar-refractivity contribution in [2.45, 2.75) is 33.2 Å². The van der Waals surface area contributed by atoms with Crippen molar-refractivity contribution >= 4 is 5.91 Å². The molecule has 74 valence electrons. The van der Waals surface area contributed by atoms with Crippen molar-refractivity contribution in [1.29, 1.82) is 5.26 Å². The fraction of sp³-hybridized carbons (Fsp3) is 0.778. The van der Waals surface area contributed by atoms with Gasteiger partial charge < -0.3 is 11.5 Å². The number of carbonyl (C=O) groups is 1. The highest BCUT2D eigenvalue weighted by Crippen LogP contribution is 2.28. The molecule has 0 aromatic heterocycles. The quantitative estimate of drug-likeness (QED) is 0.662. The van der Waals surface area contributed by atoms with Gasteiger partial charge in [-0.25, -0.2) is 0 Å². The first kappa shape index (κ1) is 11.9. The van der Waals surface area contributed by atoms with Gasteiger partial charge in [0.1, 0.15) is 0 Å². The normalized spacial score (nSPS) is 15.9.